The summed E-state index contributed by atoms with van der Waals surface area (Å²) in [4.78, 5) is 0. The van der Waals surface area contributed by atoms with E-state index in [9.17, 15) is 0 Å². The third-order valence-corrected chi connectivity index (χ3v) is 2.07. The second kappa shape index (κ2) is 4.67. The molecule has 0 aliphatic rings. The first-order chi connectivity index (χ1) is 5.77. The van der Waals surface area contributed by atoms with E-state index in [4.69, 9.17) is 7.80 Å². The van der Waals surface area contributed by atoms with Crippen molar-refractivity contribution in [2.24, 2.45) is 0 Å². The minimum Gasteiger partial charge on any atom is -0.427 e. The molecule has 0 spiro atoms. The van der Waals surface area contributed by atoms with Crippen molar-refractivity contribution in [2.75, 3.05) is 7.11 Å². The lowest BCUT2D eigenvalue weighted by Crippen LogP contribution is -1.91. The van der Waals surface area contributed by atoms with Gasteiger partial charge in [-0.3, -0.25) is 0 Å². The topological polar surface area (TPSA) is 18.5 Å². The van der Waals surface area contributed by atoms with Crippen LogP contribution in [0.5, 0.6) is 5.75 Å². The monoisotopic (exact) mass is 278 g/mol. The summed E-state index contributed by atoms with van der Waals surface area (Å²) in [5, 5.41) is 0. The normalized spacial score (nSPS) is 9.92. The van der Waals surface area contributed by atoms with Gasteiger partial charge in [-0.05, 0) is 13.0 Å². The molecule has 0 aliphatic carbocycles. The number of benzene rings is 1. The predicted octanol–water partition coefficient (Wildman–Crippen LogP) is 2.87. The van der Waals surface area contributed by atoms with Crippen molar-refractivity contribution < 1.29 is 7.80 Å². The van der Waals surface area contributed by atoms with Gasteiger partial charge in [0.15, 0.2) is 23.0 Å². The van der Waals surface area contributed by atoms with Crippen molar-refractivity contribution in [2.45, 2.75) is 13.5 Å². The van der Waals surface area contributed by atoms with E-state index in [1.54, 1.807) is 7.11 Å². The van der Waals surface area contributed by atoms with Crippen LogP contribution in [0.2, 0.25) is 0 Å². The van der Waals surface area contributed by atoms with Crippen LogP contribution < -0.4 is 3.07 Å². The van der Waals surface area contributed by atoms with Crippen LogP contribution in [0.3, 0.4) is 0 Å². The molecule has 0 amide bonds. The van der Waals surface area contributed by atoms with E-state index in [2.05, 4.69) is 13.0 Å². The summed E-state index contributed by atoms with van der Waals surface area (Å²) in [6.45, 7) is 2.65. The Morgan fingerprint density at radius 3 is 2.75 bits per heavy atom. The van der Waals surface area contributed by atoms with Crippen LogP contribution in [0, 0.1) is 6.92 Å². The number of hydrogen-bond acceptors (Lipinski definition) is 2. The zero-order valence-corrected chi connectivity index (χ0v) is 9.29. The maximum absolute atomic E-state index is 5.14. The number of methoxy groups -OCH3 is 1. The van der Waals surface area contributed by atoms with Crippen molar-refractivity contribution >= 4 is 23.0 Å². The van der Waals surface area contributed by atoms with Crippen molar-refractivity contribution in [3.8, 4) is 5.75 Å². The SMILES string of the molecule is COCc1cc(C)ccc1OI. The highest BCUT2D eigenvalue weighted by Gasteiger charge is 2.02. The Kier molecular flexibility index (Phi) is 3.81. The quantitative estimate of drug-likeness (QED) is 0.791. The number of hydrogen-bond donors (Lipinski definition) is 0. The van der Waals surface area contributed by atoms with Gasteiger partial charge in [0.05, 0.1) is 6.61 Å². The van der Waals surface area contributed by atoms with E-state index in [0.29, 0.717) is 6.61 Å². The molecular weight excluding hydrogens is 267 g/mol. The molecule has 0 bridgehead atoms. The number of aryl methyl sites for hydroxylation is 1. The van der Waals surface area contributed by atoms with E-state index < -0.39 is 0 Å². The maximum atomic E-state index is 5.14. The van der Waals surface area contributed by atoms with Gasteiger partial charge in [-0.15, -0.1) is 0 Å². The third kappa shape index (κ3) is 2.35. The largest absolute Gasteiger partial charge is 0.427 e. The molecule has 0 unspecified atom stereocenters. The fraction of sp³-hybridized carbons (Fsp3) is 0.333. The Balaban J connectivity index is 2.95. The van der Waals surface area contributed by atoms with E-state index in [-0.39, 0.29) is 0 Å². The molecule has 0 fully saturated rings. The highest BCUT2D eigenvalue weighted by molar-refractivity contribution is 14.1. The highest BCUT2D eigenvalue weighted by atomic mass is 127. The average molecular weight is 278 g/mol. The van der Waals surface area contributed by atoms with Crippen LogP contribution in [0.1, 0.15) is 11.1 Å². The van der Waals surface area contributed by atoms with Crippen molar-refractivity contribution in [1.82, 2.24) is 0 Å². The molecule has 0 heterocycles. The second-order valence-electron chi connectivity index (χ2n) is 2.62. The first-order valence-electron chi connectivity index (χ1n) is 3.65. The molecule has 0 N–H and O–H groups in total. The standard InChI is InChI=1S/C9H11IO2/c1-7-3-4-9(12-10)8(5-7)6-11-2/h3-5H,6H2,1-2H3. The van der Waals surface area contributed by atoms with Gasteiger partial charge in [0.25, 0.3) is 0 Å². The van der Waals surface area contributed by atoms with Crippen LogP contribution in [-0.2, 0) is 11.3 Å². The van der Waals surface area contributed by atoms with Gasteiger partial charge in [0.2, 0.25) is 0 Å². The lowest BCUT2D eigenvalue weighted by atomic mass is 10.1. The van der Waals surface area contributed by atoms with Crippen LogP contribution in [-0.4, -0.2) is 7.11 Å². The van der Waals surface area contributed by atoms with Crippen molar-refractivity contribution in [3.63, 3.8) is 0 Å². The summed E-state index contributed by atoms with van der Waals surface area (Å²) in [5.74, 6) is 0.878. The van der Waals surface area contributed by atoms with Gasteiger partial charge >= 0.3 is 0 Å². The first-order valence-corrected chi connectivity index (χ1v) is 4.53. The first kappa shape index (κ1) is 9.80. The summed E-state index contributed by atoms with van der Waals surface area (Å²) in [6, 6.07) is 6.04. The molecule has 1 aromatic carbocycles. The van der Waals surface area contributed by atoms with Gasteiger partial charge in [-0.2, -0.15) is 0 Å². The molecule has 12 heavy (non-hydrogen) atoms. The molecule has 1 aromatic rings. The fourth-order valence-electron chi connectivity index (χ4n) is 1.05. The zero-order valence-electron chi connectivity index (χ0n) is 7.13. The molecule has 2 nitrogen and oxygen atoms in total. The Hall–Kier alpha value is -0.290. The zero-order chi connectivity index (χ0) is 8.97. The summed E-state index contributed by atoms with van der Waals surface area (Å²) in [6.07, 6.45) is 0. The molecule has 0 saturated heterocycles. The van der Waals surface area contributed by atoms with Gasteiger partial charge in [0, 0.05) is 12.7 Å². The van der Waals surface area contributed by atoms with Crippen LogP contribution in [0.25, 0.3) is 0 Å². The highest BCUT2D eigenvalue weighted by Crippen LogP contribution is 2.22. The summed E-state index contributed by atoms with van der Waals surface area (Å²) in [7, 11) is 1.68. The number of rotatable bonds is 3. The van der Waals surface area contributed by atoms with Crippen molar-refractivity contribution in [1.29, 1.82) is 0 Å². The van der Waals surface area contributed by atoms with E-state index in [0.717, 1.165) is 11.3 Å². The molecule has 0 radical (unpaired) electrons. The number of ether oxygens (including phenoxy) is 1. The molecule has 0 saturated carbocycles. The molecule has 66 valence electrons. The molecule has 0 atom stereocenters. The van der Waals surface area contributed by atoms with Gasteiger partial charge in [0.1, 0.15) is 5.75 Å². The molecule has 0 aliphatic heterocycles. The van der Waals surface area contributed by atoms with Crippen LogP contribution in [0.4, 0.5) is 0 Å². The minimum atomic E-state index is 0.597. The second-order valence-corrected chi connectivity index (χ2v) is 3.06. The fourth-order valence-corrected chi connectivity index (χ4v) is 1.48. The van der Waals surface area contributed by atoms with E-state index in [1.165, 1.54) is 5.56 Å². The van der Waals surface area contributed by atoms with Crippen LogP contribution >= 0.6 is 23.0 Å². The summed E-state index contributed by atoms with van der Waals surface area (Å²) >= 11 is 1.87. The Morgan fingerprint density at radius 1 is 1.42 bits per heavy atom. The molecular formula is C9H11IO2. The predicted molar refractivity (Wildman–Crippen MR) is 56.5 cm³/mol. The Morgan fingerprint density at radius 2 is 2.17 bits per heavy atom. The lowest BCUT2D eigenvalue weighted by molar-refractivity contribution is 0.183. The maximum Gasteiger partial charge on any atom is 0.192 e. The summed E-state index contributed by atoms with van der Waals surface area (Å²) in [5.41, 5.74) is 2.31. The van der Waals surface area contributed by atoms with Gasteiger partial charge in [-0.1, -0.05) is 17.7 Å². The molecule has 3 heteroatoms. The average Bonchev–Trinajstić information content (AvgIpc) is 2.05. The third-order valence-electron chi connectivity index (χ3n) is 1.60. The number of halogens is 1. The van der Waals surface area contributed by atoms with Gasteiger partial charge < -0.3 is 7.80 Å². The lowest BCUT2D eigenvalue weighted by Gasteiger charge is -2.06. The van der Waals surface area contributed by atoms with Gasteiger partial charge in [-0.25, -0.2) is 0 Å². The molecule has 0 aromatic heterocycles. The van der Waals surface area contributed by atoms with E-state index >= 15 is 0 Å². The smallest absolute Gasteiger partial charge is 0.192 e. The Labute approximate surface area is 86.6 Å². The molecule has 1 rings (SSSR count). The van der Waals surface area contributed by atoms with E-state index in [1.807, 2.05) is 35.1 Å². The van der Waals surface area contributed by atoms with Crippen molar-refractivity contribution in [3.05, 3.63) is 29.3 Å². The Bertz CT molecular complexity index is 261. The van der Waals surface area contributed by atoms with Crippen LogP contribution in [0.15, 0.2) is 18.2 Å². The summed E-state index contributed by atoms with van der Waals surface area (Å²) < 4.78 is 10.2. The minimum absolute atomic E-state index is 0.597.